The number of carbonyl (C=O) groups excluding carboxylic acids is 2. The number of ether oxygens (including phenoxy) is 3. The van der Waals surface area contributed by atoms with Crippen LogP contribution in [0.4, 0.5) is 0 Å². The third kappa shape index (κ3) is 33.8. The number of hydrogen-bond acceptors (Lipinski definition) is 10. The maximum Gasteiger partial charge on any atom is 0.305 e. The molecule has 1 amide bonds. The van der Waals surface area contributed by atoms with Gasteiger partial charge in [0.25, 0.3) is 0 Å². The van der Waals surface area contributed by atoms with Gasteiger partial charge in [-0.2, -0.15) is 0 Å². The highest BCUT2D eigenvalue weighted by molar-refractivity contribution is 5.76. The van der Waals surface area contributed by atoms with Gasteiger partial charge in [-0.3, -0.25) is 9.59 Å². The lowest BCUT2D eigenvalue weighted by Gasteiger charge is -2.40. The first kappa shape index (κ1) is 60.4. The number of allylic oxidation sites excluding steroid dienone is 1. The summed E-state index contributed by atoms with van der Waals surface area (Å²) in [5, 5.41) is 54.1. The number of unbranched alkanes of at least 4 members (excludes halogenated alkanes) is 32. The Morgan fingerprint density at radius 3 is 1.45 bits per heavy atom. The van der Waals surface area contributed by atoms with Crippen LogP contribution in [-0.2, 0) is 23.8 Å². The third-order valence-electron chi connectivity index (χ3n) is 12.9. The summed E-state index contributed by atoms with van der Waals surface area (Å²) in [5.41, 5.74) is 0. The summed E-state index contributed by atoms with van der Waals surface area (Å²) >= 11 is 0. The zero-order chi connectivity index (χ0) is 46.7. The van der Waals surface area contributed by atoms with Crippen LogP contribution in [0.1, 0.15) is 251 Å². The lowest BCUT2D eigenvalue weighted by atomic mass is 9.99. The van der Waals surface area contributed by atoms with Crippen molar-refractivity contribution in [3.05, 3.63) is 12.2 Å². The molecule has 0 saturated carbocycles. The van der Waals surface area contributed by atoms with Gasteiger partial charge in [-0.1, -0.05) is 219 Å². The second-order valence-electron chi connectivity index (χ2n) is 18.9. The number of carbonyl (C=O) groups is 2. The number of aliphatic hydroxyl groups is 5. The standard InChI is InChI=1S/C53H101NO10/c1-3-5-7-9-11-13-14-15-16-17-18-21-25-29-33-37-41-49(58)62-42-38-34-30-26-22-19-20-24-28-32-36-40-48(57)54-45(46(56)39-35-31-27-23-12-10-8-6-4-2)44-63-53-52(61)51(60)50(59)47(43-55)64-53/h35,39,45-47,50-53,55-56,59-61H,3-34,36-38,40-44H2,1-2H3,(H,54,57)/b39-35+. The monoisotopic (exact) mass is 912 g/mol. The maximum atomic E-state index is 13.0. The molecule has 0 radical (unpaired) electrons. The Hall–Kier alpha value is -1.60. The van der Waals surface area contributed by atoms with Gasteiger partial charge in [-0.25, -0.2) is 0 Å². The molecular formula is C53H101NO10. The van der Waals surface area contributed by atoms with Crippen molar-refractivity contribution in [3.63, 3.8) is 0 Å². The van der Waals surface area contributed by atoms with Crippen molar-refractivity contribution in [2.24, 2.45) is 0 Å². The van der Waals surface area contributed by atoms with Gasteiger partial charge in [0.2, 0.25) is 5.91 Å². The first-order valence-corrected chi connectivity index (χ1v) is 27.0. The van der Waals surface area contributed by atoms with Crippen LogP contribution in [0.5, 0.6) is 0 Å². The normalized spacial score (nSPS) is 19.9. The molecule has 7 unspecified atom stereocenters. The minimum Gasteiger partial charge on any atom is -0.466 e. The van der Waals surface area contributed by atoms with Crippen LogP contribution in [-0.4, -0.2) is 100 Å². The van der Waals surface area contributed by atoms with E-state index in [1.165, 1.54) is 154 Å². The number of esters is 1. The molecule has 1 aliphatic heterocycles. The van der Waals surface area contributed by atoms with E-state index in [2.05, 4.69) is 19.2 Å². The number of amides is 1. The molecule has 0 bridgehead atoms. The fourth-order valence-electron chi connectivity index (χ4n) is 8.55. The highest BCUT2D eigenvalue weighted by Gasteiger charge is 2.44. The summed E-state index contributed by atoms with van der Waals surface area (Å²) in [6.07, 6.45) is 38.7. The van der Waals surface area contributed by atoms with Crippen molar-refractivity contribution < 1.29 is 49.3 Å². The van der Waals surface area contributed by atoms with E-state index >= 15 is 0 Å². The van der Waals surface area contributed by atoms with Crippen molar-refractivity contribution in [1.29, 1.82) is 0 Å². The first-order chi connectivity index (χ1) is 31.2. The summed E-state index contributed by atoms with van der Waals surface area (Å²) < 4.78 is 16.6. The predicted octanol–water partition coefficient (Wildman–Crippen LogP) is 11.2. The zero-order valence-electron chi connectivity index (χ0n) is 41.3. The molecule has 0 aromatic heterocycles. The van der Waals surface area contributed by atoms with Gasteiger partial charge in [0.15, 0.2) is 6.29 Å². The van der Waals surface area contributed by atoms with Crippen molar-refractivity contribution >= 4 is 11.9 Å². The molecule has 0 aromatic rings. The molecule has 11 heteroatoms. The molecule has 11 nitrogen and oxygen atoms in total. The van der Waals surface area contributed by atoms with Crippen LogP contribution in [0, 0.1) is 0 Å². The smallest absolute Gasteiger partial charge is 0.305 e. The number of rotatable bonds is 46. The second-order valence-corrected chi connectivity index (χ2v) is 18.9. The van der Waals surface area contributed by atoms with Crippen molar-refractivity contribution in [1.82, 2.24) is 5.32 Å². The molecular weight excluding hydrogens is 811 g/mol. The van der Waals surface area contributed by atoms with Gasteiger partial charge in [0.1, 0.15) is 24.4 Å². The SMILES string of the molecule is CCCCCCCCC/C=C/C(O)C(COC1OC(CO)C(O)C(O)C1O)NC(=O)CCCCCCCCCCCCCOC(=O)CCCCCCCCCCCCCCCCCC. The first-order valence-electron chi connectivity index (χ1n) is 27.0. The second kappa shape index (κ2) is 43.9. The van der Waals surface area contributed by atoms with E-state index in [4.69, 9.17) is 14.2 Å². The van der Waals surface area contributed by atoms with Crippen molar-refractivity contribution in [3.8, 4) is 0 Å². The van der Waals surface area contributed by atoms with Crippen LogP contribution >= 0.6 is 0 Å². The molecule has 0 spiro atoms. The summed E-state index contributed by atoms with van der Waals surface area (Å²) in [6.45, 7) is 4.25. The van der Waals surface area contributed by atoms with E-state index in [-0.39, 0.29) is 18.5 Å². The fraction of sp³-hybridized carbons (Fsp3) is 0.925. The molecule has 1 heterocycles. The molecule has 6 N–H and O–H groups in total. The summed E-state index contributed by atoms with van der Waals surface area (Å²) in [6, 6.07) is -0.821. The van der Waals surface area contributed by atoms with E-state index in [9.17, 15) is 35.1 Å². The number of aliphatic hydroxyl groups excluding tert-OH is 5. The molecule has 378 valence electrons. The van der Waals surface area contributed by atoms with E-state index in [0.29, 0.717) is 19.4 Å². The Labute approximate surface area is 391 Å². The van der Waals surface area contributed by atoms with E-state index in [1.54, 1.807) is 6.08 Å². The Morgan fingerprint density at radius 1 is 0.562 bits per heavy atom. The largest absolute Gasteiger partial charge is 0.466 e. The van der Waals surface area contributed by atoms with Gasteiger partial charge in [0, 0.05) is 12.8 Å². The molecule has 0 aromatic carbocycles. The third-order valence-corrected chi connectivity index (χ3v) is 12.9. The fourth-order valence-corrected chi connectivity index (χ4v) is 8.55. The van der Waals surface area contributed by atoms with Crippen LogP contribution in [0.3, 0.4) is 0 Å². The molecule has 1 saturated heterocycles. The number of hydrogen-bond donors (Lipinski definition) is 6. The van der Waals surface area contributed by atoms with Gasteiger partial charge in [0.05, 0.1) is 32.0 Å². The molecule has 7 atom stereocenters. The maximum absolute atomic E-state index is 13.0. The highest BCUT2D eigenvalue weighted by atomic mass is 16.7. The van der Waals surface area contributed by atoms with Crippen molar-refractivity contribution in [2.45, 2.75) is 294 Å². The average molecular weight is 912 g/mol. The van der Waals surface area contributed by atoms with E-state index < -0.39 is 49.5 Å². The summed E-state index contributed by atoms with van der Waals surface area (Å²) in [4.78, 5) is 25.1. The van der Waals surface area contributed by atoms with E-state index in [0.717, 1.165) is 70.6 Å². The minimum atomic E-state index is -1.58. The molecule has 1 fully saturated rings. The lowest BCUT2D eigenvalue weighted by molar-refractivity contribution is -0.302. The minimum absolute atomic E-state index is 0.0364. The average Bonchev–Trinajstić information content (AvgIpc) is 3.29. The van der Waals surface area contributed by atoms with Crippen LogP contribution in [0.25, 0.3) is 0 Å². The topological polar surface area (TPSA) is 175 Å². The van der Waals surface area contributed by atoms with Gasteiger partial charge in [-0.15, -0.1) is 0 Å². The number of nitrogens with one attached hydrogen (secondary N) is 1. The Bertz CT molecular complexity index is 1080. The Kier molecular flexibility index (Phi) is 41.5. The Balaban J connectivity index is 2.10. The highest BCUT2D eigenvalue weighted by Crippen LogP contribution is 2.23. The van der Waals surface area contributed by atoms with Crippen molar-refractivity contribution in [2.75, 3.05) is 19.8 Å². The van der Waals surface area contributed by atoms with Crippen LogP contribution in [0.15, 0.2) is 12.2 Å². The van der Waals surface area contributed by atoms with E-state index in [1.807, 2.05) is 6.08 Å². The zero-order valence-corrected chi connectivity index (χ0v) is 41.3. The molecule has 64 heavy (non-hydrogen) atoms. The van der Waals surface area contributed by atoms with Gasteiger partial charge >= 0.3 is 5.97 Å². The van der Waals surface area contributed by atoms with Crippen LogP contribution in [0.2, 0.25) is 0 Å². The summed E-state index contributed by atoms with van der Waals surface area (Å²) in [7, 11) is 0. The Morgan fingerprint density at radius 2 is 0.984 bits per heavy atom. The molecule has 1 rings (SSSR count). The summed E-state index contributed by atoms with van der Waals surface area (Å²) in [5.74, 6) is -0.238. The lowest BCUT2D eigenvalue weighted by Crippen LogP contribution is -2.60. The molecule has 0 aliphatic carbocycles. The molecule has 1 aliphatic rings. The predicted molar refractivity (Wildman–Crippen MR) is 260 cm³/mol. The van der Waals surface area contributed by atoms with Gasteiger partial charge < -0.3 is 45.1 Å². The quantitative estimate of drug-likeness (QED) is 0.0196. The van der Waals surface area contributed by atoms with Gasteiger partial charge in [-0.05, 0) is 32.1 Å². The van der Waals surface area contributed by atoms with Crippen LogP contribution < -0.4 is 5.32 Å².